The summed E-state index contributed by atoms with van der Waals surface area (Å²) in [5.41, 5.74) is 10.9. The Balaban J connectivity index is 1.49. The van der Waals surface area contributed by atoms with Crippen LogP contribution in [-0.2, 0) is 11.3 Å². The van der Waals surface area contributed by atoms with Crippen LogP contribution in [0, 0.1) is 5.92 Å². The highest BCUT2D eigenvalue weighted by Gasteiger charge is 2.35. The van der Waals surface area contributed by atoms with Crippen molar-refractivity contribution in [3.63, 3.8) is 0 Å². The molecule has 11 heteroatoms. The largest absolute Gasteiger partial charge is 0.479 e. The van der Waals surface area contributed by atoms with E-state index >= 15 is 0 Å². The van der Waals surface area contributed by atoms with Crippen LogP contribution in [0.2, 0.25) is 0 Å². The molecule has 4 aromatic heterocycles. The van der Waals surface area contributed by atoms with E-state index in [0.29, 0.717) is 54.7 Å². The van der Waals surface area contributed by atoms with E-state index in [4.69, 9.17) is 20.9 Å². The number of anilines is 1. The van der Waals surface area contributed by atoms with Crippen LogP contribution < -0.4 is 5.73 Å². The minimum Gasteiger partial charge on any atom is -0.479 e. The molecule has 0 amide bonds. The standard InChI is InChI=1S/C27H29FN6O4/c1-15(36)22-24(17-4-2-16(3-5-17)23(28)27(37)38)32-26-20(13-31-34(26)25(22)29)18-6-7-21(30-12-18)19-8-9-33(14-19)10-11-35/h6-9,12-14,16-17,23,35H,2-5,10-11,29H2,1H3,(H,37,38)/t16-,17+,23?. The van der Waals surface area contributed by atoms with Gasteiger partial charge < -0.3 is 20.5 Å². The van der Waals surface area contributed by atoms with Gasteiger partial charge in [0.05, 0.1) is 29.8 Å². The molecule has 1 fully saturated rings. The molecule has 1 atom stereocenters. The summed E-state index contributed by atoms with van der Waals surface area (Å²) < 4.78 is 17.4. The zero-order chi connectivity index (χ0) is 27.0. The lowest BCUT2D eigenvalue weighted by Gasteiger charge is -2.29. The van der Waals surface area contributed by atoms with E-state index in [1.54, 1.807) is 12.4 Å². The van der Waals surface area contributed by atoms with Gasteiger partial charge in [-0.15, -0.1) is 0 Å². The molecule has 4 N–H and O–H groups in total. The number of carboxylic acid groups (broad SMARTS) is 1. The number of halogens is 1. The van der Waals surface area contributed by atoms with Crippen molar-refractivity contribution < 1.29 is 24.2 Å². The van der Waals surface area contributed by atoms with Gasteiger partial charge in [0, 0.05) is 53.7 Å². The molecule has 0 spiro atoms. The van der Waals surface area contributed by atoms with Gasteiger partial charge >= 0.3 is 5.97 Å². The molecule has 1 aliphatic carbocycles. The predicted molar refractivity (Wildman–Crippen MR) is 138 cm³/mol. The quantitative estimate of drug-likeness (QED) is 0.298. The summed E-state index contributed by atoms with van der Waals surface area (Å²) >= 11 is 0. The van der Waals surface area contributed by atoms with Crippen molar-refractivity contribution in [2.24, 2.45) is 5.92 Å². The Bertz CT molecular complexity index is 1490. The molecule has 0 radical (unpaired) electrons. The zero-order valence-corrected chi connectivity index (χ0v) is 20.9. The minimum atomic E-state index is -1.89. The molecule has 0 aromatic carbocycles. The van der Waals surface area contributed by atoms with E-state index in [-0.39, 0.29) is 24.1 Å². The van der Waals surface area contributed by atoms with Crippen LogP contribution in [0.1, 0.15) is 54.6 Å². The van der Waals surface area contributed by atoms with E-state index in [9.17, 15) is 14.0 Å². The van der Waals surface area contributed by atoms with Crippen molar-refractivity contribution in [2.75, 3.05) is 12.3 Å². The van der Waals surface area contributed by atoms with Gasteiger partial charge in [0.15, 0.2) is 17.6 Å². The number of aliphatic hydroxyl groups is 1. The Morgan fingerprint density at radius 3 is 2.55 bits per heavy atom. The number of nitrogens with two attached hydrogens (primary N) is 1. The first-order valence-corrected chi connectivity index (χ1v) is 12.6. The number of carbonyl (C=O) groups excluding carboxylic acids is 1. The monoisotopic (exact) mass is 520 g/mol. The van der Waals surface area contributed by atoms with Crippen LogP contribution in [0.3, 0.4) is 0 Å². The van der Waals surface area contributed by atoms with Gasteiger partial charge in [0.25, 0.3) is 0 Å². The number of aromatic nitrogens is 5. The Hall–Kier alpha value is -4.12. The van der Waals surface area contributed by atoms with E-state index in [0.717, 1.165) is 16.8 Å². The normalized spacial score (nSPS) is 18.5. The number of carbonyl (C=O) groups is 2. The number of Topliss-reactive ketones (excluding diaryl/α,β-unsaturated/α-hetero) is 1. The molecule has 0 bridgehead atoms. The van der Waals surface area contributed by atoms with E-state index in [1.807, 2.05) is 35.2 Å². The number of nitrogen functional groups attached to an aromatic ring is 1. The predicted octanol–water partition coefficient (Wildman–Crippen LogP) is 3.73. The summed E-state index contributed by atoms with van der Waals surface area (Å²) in [5, 5.41) is 22.6. The fourth-order valence-electron chi connectivity index (χ4n) is 5.35. The molecule has 1 unspecified atom stereocenters. The first-order chi connectivity index (χ1) is 18.3. The van der Waals surface area contributed by atoms with Crippen LogP contribution in [-0.4, -0.2) is 58.9 Å². The highest BCUT2D eigenvalue weighted by molar-refractivity contribution is 6.00. The number of hydrogen-bond donors (Lipinski definition) is 3. The Labute approximate surface area is 218 Å². The number of aliphatic carboxylic acids is 1. The lowest BCUT2D eigenvalue weighted by Crippen LogP contribution is -2.29. The van der Waals surface area contributed by atoms with Crippen LogP contribution in [0.5, 0.6) is 0 Å². The molecule has 5 rings (SSSR count). The highest BCUT2D eigenvalue weighted by Crippen LogP contribution is 2.40. The lowest BCUT2D eigenvalue weighted by molar-refractivity contribution is -0.145. The number of ketones is 1. The average molecular weight is 521 g/mol. The second-order valence-corrected chi connectivity index (χ2v) is 9.75. The highest BCUT2D eigenvalue weighted by atomic mass is 19.1. The third kappa shape index (κ3) is 4.65. The molecule has 1 saturated carbocycles. The molecule has 4 aromatic rings. The third-order valence-electron chi connectivity index (χ3n) is 7.35. The van der Waals surface area contributed by atoms with Gasteiger partial charge in [-0.3, -0.25) is 9.78 Å². The summed E-state index contributed by atoms with van der Waals surface area (Å²) in [4.78, 5) is 33.1. The maximum Gasteiger partial charge on any atom is 0.338 e. The summed E-state index contributed by atoms with van der Waals surface area (Å²) in [5.74, 6) is -2.19. The van der Waals surface area contributed by atoms with Crippen molar-refractivity contribution in [1.82, 2.24) is 24.1 Å². The van der Waals surface area contributed by atoms with E-state index < -0.39 is 18.1 Å². The molecule has 10 nitrogen and oxygen atoms in total. The van der Waals surface area contributed by atoms with Crippen LogP contribution in [0.15, 0.2) is 43.0 Å². The molecule has 38 heavy (non-hydrogen) atoms. The van der Waals surface area contributed by atoms with E-state index in [2.05, 4.69) is 10.1 Å². The van der Waals surface area contributed by atoms with Gasteiger partial charge in [-0.05, 0) is 44.7 Å². The fraction of sp³-hybridized carbons (Fsp3) is 0.370. The van der Waals surface area contributed by atoms with Crippen molar-refractivity contribution in [3.05, 3.63) is 54.2 Å². The smallest absolute Gasteiger partial charge is 0.338 e. The van der Waals surface area contributed by atoms with Crippen molar-refractivity contribution in [3.8, 4) is 22.4 Å². The number of nitrogens with zero attached hydrogens (tertiary/aromatic N) is 5. The number of pyridine rings is 1. The molecule has 198 valence electrons. The molecular weight excluding hydrogens is 491 g/mol. The summed E-state index contributed by atoms with van der Waals surface area (Å²) in [6.45, 7) is 1.99. The van der Waals surface area contributed by atoms with Gasteiger partial charge in [-0.25, -0.2) is 14.2 Å². The number of alkyl halides is 1. The average Bonchev–Trinajstić information content (AvgIpc) is 3.56. The summed E-state index contributed by atoms with van der Waals surface area (Å²) in [6.07, 6.45) is 7.07. The number of rotatable bonds is 8. The van der Waals surface area contributed by atoms with E-state index in [1.165, 1.54) is 11.4 Å². The van der Waals surface area contributed by atoms with Gasteiger partial charge in [-0.1, -0.05) is 6.07 Å². The number of aliphatic hydroxyl groups excluding tert-OH is 1. The van der Waals surface area contributed by atoms with Gasteiger partial charge in [-0.2, -0.15) is 9.61 Å². The second kappa shape index (κ2) is 10.3. The topological polar surface area (TPSA) is 149 Å². The Morgan fingerprint density at radius 1 is 1.16 bits per heavy atom. The van der Waals surface area contributed by atoms with Crippen LogP contribution in [0.4, 0.5) is 10.2 Å². The van der Waals surface area contributed by atoms with Crippen molar-refractivity contribution in [1.29, 1.82) is 0 Å². The first kappa shape index (κ1) is 25.5. The molecule has 4 heterocycles. The minimum absolute atomic E-state index is 0.0544. The third-order valence-corrected chi connectivity index (χ3v) is 7.35. The Morgan fingerprint density at radius 2 is 1.92 bits per heavy atom. The number of fused-ring (bicyclic) bond motifs is 1. The maximum absolute atomic E-state index is 14.1. The zero-order valence-electron chi connectivity index (χ0n) is 20.9. The van der Waals surface area contributed by atoms with Crippen LogP contribution >= 0.6 is 0 Å². The summed E-state index contributed by atoms with van der Waals surface area (Å²) in [6, 6.07) is 5.74. The van der Waals surface area contributed by atoms with Crippen molar-refractivity contribution in [2.45, 2.75) is 51.2 Å². The number of hydrogen-bond acceptors (Lipinski definition) is 7. The SMILES string of the molecule is CC(=O)c1c(N)n2ncc(-c3ccc(-c4ccn(CCO)c4)nc3)c2nc1[C@H]1CC[C@@H](C(F)C(=O)O)CC1. The molecule has 0 aliphatic heterocycles. The van der Waals surface area contributed by atoms with Crippen molar-refractivity contribution >= 4 is 23.2 Å². The second-order valence-electron chi connectivity index (χ2n) is 9.75. The van der Waals surface area contributed by atoms with Crippen LogP contribution in [0.25, 0.3) is 28.0 Å². The molecule has 1 aliphatic rings. The Kier molecular flexibility index (Phi) is 6.94. The first-order valence-electron chi connectivity index (χ1n) is 12.6. The lowest BCUT2D eigenvalue weighted by atomic mass is 9.77. The fourth-order valence-corrected chi connectivity index (χ4v) is 5.35. The number of carboxylic acids is 1. The van der Waals surface area contributed by atoms with Gasteiger partial charge in [0.2, 0.25) is 0 Å². The molecule has 0 saturated heterocycles. The summed E-state index contributed by atoms with van der Waals surface area (Å²) in [7, 11) is 0. The van der Waals surface area contributed by atoms with Gasteiger partial charge in [0.1, 0.15) is 5.82 Å². The maximum atomic E-state index is 14.1. The molecular formula is C27H29FN6O4.